The number of hydrogen-bond acceptors (Lipinski definition) is 8. The summed E-state index contributed by atoms with van der Waals surface area (Å²) < 4.78 is 62.6. The van der Waals surface area contributed by atoms with Crippen LogP contribution in [0.25, 0.3) is 11.5 Å². The van der Waals surface area contributed by atoms with E-state index in [1.165, 1.54) is 33.5 Å². The van der Waals surface area contributed by atoms with E-state index in [-0.39, 0.29) is 4.84 Å². The predicted molar refractivity (Wildman–Crippen MR) is 126 cm³/mol. The van der Waals surface area contributed by atoms with E-state index in [2.05, 4.69) is 10.00 Å². The van der Waals surface area contributed by atoms with Gasteiger partial charge in [0, 0.05) is 37.4 Å². The monoisotopic (exact) mass is 510 g/mol. The van der Waals surface area contributed by atoms with Crippen molar-refractivity contribution in [3.8, 4) is 28.7 Å². The number of methoxy groups -OCH3 is 3. The molecule has 0 aliphatic carbocycles. The summed E-state index contributed by atoms with van der Waals surface area (Å²) in [4.78, 5) is 4.25. The number of aromatic nitrogens is 2. The van der Waals surface area contributed by atoms with Crippen molar-refractivity contribution >= 4 is 17.9 Å². The van der Waals surface area contributed by atoms with Gasteiger partial charge in [-0.3, -0.25) is 4.90 Å². The quantitative estimate of drug-likeness (QED) is 0.424. The first-order valence-corrected chi connectivity index (χ1v) is 11.2. The van der Waals surface area contributed by atoms with Crippen LogP contribution < -0.4 is 19.1 Å². The van der Waals surface area contributed by atoms with E-state index in [0.717, 1.165) is 6.07 Å². The molecule has 0 saturated carbocycles. The van der Waals surface area contributed by atoms with Crippen molar-refractivity contribution in [1.29, 1.82) is 0 Å². The average molecular weight is 511 g/mol. The first-order chi connectivity index (χ1) is 16.7. The first kappa shape index (κ1) is 24.9. The summed E-state index contributed by atoms with van der Waals surface area (Å²) in [7, 11) is 4.57. The highest BCUT2D eigenvalue weighted by Crippen LogP contribution is 2.41. The first-order valence-electron chi connectivity index (χ1n) is 10.8. The van der Waals surface area contributed by atoms with Gasteiger partial charge in [0.1, 0.15) is 0 Å². The Morgan fingerprint density at radius 2 is 1.63 bits per heavy atom. The molecule has 0 atom stereocenters. The van der Waals surface area contributed by atoms with Crippen LogP contribution >= 0.6 is 12.2 Å². The predicted octanol–water partition coefficient (Wildman–Crippen LogP) is 4.70. The van der Waals surface area contributed by atoms with Gasteiger partial charge < -0.3 is 23.5 Å². The van der Waals surface area contributed by atoms with Gasteiger partial charge >= 0.3 is 6.18 Å². The van der Waals surface area contributed by atoms with Crippen LogP contribution in [0.3, 0.4) is 0 Å². The average Bonchev–Trinajstić information content (AvgIpc) is 3.23. The molecule has 0 N–H and O–H groups in total. The minimum atomic E-state index is -4.36. The highest BCUT2D eigenvalue weighted by molar-refractivity contribution is 7.71. The fourth-order valence-electron chi connectivity index (χ4n) is 3.93. The molecule has 2 aromatic carbocycles. The van der Waals surface area contributed by atoms with E-state index < -0.39 is 11.7 Å². The van der Waals surface area contributed by atoms with Gasteiger partial charge in [0.05, 0.1) is 33.6 Å². The summed E-state index contributed by atoms with van der Waals surface area (Å²) in [5.41, 5.74) is 0.520. The van der Waals surface area contributed by atoms with Crippen LogP contribution in [0, 0.1) is 4.84 Å². The minimum Gasteiger partial charge on any atom is -0.493 e. The van der Waals surface area contributed by atoms with Gasteiger partial charge in [-0.25, -0.2) is 4.68 Å². The Kier molecular flexibility index (Phi) is 7.22. The third-order valence-corrected chi connectivity index (χ3v) is 6.06. The second-order valence-electron chi connectivity index (χ2n) is 7.88. The number of anilines is 1. The fraction of sp³-hybridized carbons (Fsp3) is 0.391. The third-order valence-electron chi connectivity index (χ3n) is 5.76. The normalized spacial score (nSPS) is 14.7. The molecule has 1 saturated heterocycles. The highest BCUT2D eigenvalue weighted by Gasteiger charge is 2.31. The summed E-state index contributed by atoms with van der Waals surface area (Å²) >= 11 is 5.36. The summed E-state index contributed by atoms with van der Waals surface area (Å²) in [6.45, 7) is 2.80. The van der Waals surface area contributed by atoms with E-state index in [1.807, 2.05) is 4.90 Å². The molecule has 3 aromatic rings. The van der Waals surface area contributed by atoms with Crippen LogP contribution in [0.1, 0.15) is 5.56 Å². The second kappa shape index (κ2) is 10.2. The molecule has 8 nitrogen and oxygen atoms in total. The van der Waals surface area contributed by atoms with Gasteiger partial charge in [-0.1, -0.05) is 6.07 Å². The lowest BCUT2D eigenvalue weighted by Crippen LogP contribution is -2.47. The Morgan fingerprint density at radius 3 is 2.20 bits per heavy atom. The molecule has 1 aliphatic heterocycles. The molecule has 188 valence electrons. The van der Waals surface area contributed by atoms with Crippen molar-refractivity contribution < 1.29 is 31.8 Å². The number of nitrogens with zero attached hydrogens (tertiary/aromatic N) is 4. The highest BCUT2D eigenvalue weighted by atomic mass is 32.1. The lowest BCUT2D eigenvalue weighted by Gasteiger charge is -2.36. The molecule has 2 heterocycles. The molecule has 12 heteroatoms. The maximum atomic E-state index is 13.0. The fourth-order valence-corrected chi connectivity index (χ4v) is 4.11. The van der Waals surface area contributed by atoms with Crippen LogP contribution in [-0.2, 0) is 12.8 Å². The third kappa shape index (κ3) is 5.38. The SMILES string of the molecule is COc1cc(-c2nn(CN3CCN(c4cccc(C(F)(F)F)c4)CC3)c(=S)o2)cc(OC)c1OC. The Bertz CT molecular complexity index is 1210. The van der Waals surface area contributed by atoms with E-state index >= 15 is 0 Å². The van der Waals surface area contributed by atoms with Crippen molar-refractivity contribution in [1.82, 2.24) is 14.7 Å². The molecule has 1 fully saturated rings. The Labute approximate surface area is 205 Å². The maximum Gasteiger partial charge on any atom is 0.416 e. The second-order valence-corrected chi connectivity index (χ2v) is 8.23. The molecule has 1 aliphatic rings. The molecule has 1 aromatic heterocycles. The van der Waals surface area contributed by atoms with E-state index in [4.69, 9.17) is 30.8 Å². The standard InChI is InChI=1S/C23H25F3N4O4S/c1-31-18-11-15(12-19(32-2)20(18)33-3)21-27-30(22(35)34-21)14-28-7-9-29(10-8-28)17-6-4-5-16(13-17)23(24,25)26/h4-6,11-13H,7-10,14H2,1-3H3. The Balaban J connectivity index is 1.45. The van der Waals surface area contributed by atoms with Crippen molar-refractivity contribution in [2.75, 3.05) is 52.4 Å². The molecular formula is C23H25F3N4O4S. The van der Waals surface area contributed by atoms with Crippen LogP contribution in [-0.4, -0.2) is 62.2 Å². The largest absolute Gasteiger partial charge is 0.493 e. The molecule has 0 radical (unpaired) electrons. The zero-order valence-corrected chi connectivity index (χ0v) is 20.3. The molecular weight excluding hydrogens is 485 g/mol. The lowest BCUT2D eigenvalue weighted by atomic mass is 10.1. The van der Waals surface area contributed by atoms with Crippen molar-refractivity contribution in [2.45, 2.75) is 12.8 Å². The number of ether oxygens (including phenoxy) is 3. The molecule has 35 heavy (non-hydrogen) atoms. The number of benzene rings is 2. The van der Waals surface area contributed by atoms with Gasteiger partial charge in [0.15, 0.2) is 11.5 Å². The van der Waals surface area contributed by atoms with E-state index in [9.17, 15) is 13.2 Å². The Hall–Kier alpha value is -3.25. The number of halogens is 3. The van der Waals surface area contributed by atoms with Crippen molar-refractivity contribution in [2.24, 2.45) is 0 Å². The summed E-state index contributed by atoms with van der Waals surface area (Å²) in [5.74, 6) is 1.68. The van der Waals surface area contributed by atoms with Crippen LogP contribution in [0.15, 0.2) is 40.8 Å². The molecule has 0 unspecified atom stereocenters. The van der Waals surface area contributed by atoms with Gasteiger partial charge in [0.2, 0.25) is 11.6 Å². The van der Waals surface area contributed by atoms with E-state index in [1.54, 1.807) is 22.9 Å². The molecule has 0 bridgehead atoms. The van der Waals surface area contributed by atoms with Crippen LogP contribution in [0.5, 0.6) is 17.2 Å². The van der Waals surface area contributed by atoms with Gasteiger partial charge in [-0.2, -0.15) is 13.2 Å². The van der Waals surface area contributed by atoms with E-state index in [0.29, 0.717) is 67.2 Å². The van der Waals surface area contributed by atoms with Gasteiger partial charge in [-0.05, 0) is 42.5 Å². The van der Waals surface area contributed by atoms with Gasteiger partial charge in [-0.15, -0.1) is 5.10 Å². The number of alkyl halides is 3. The Morgan fingerprint density at radius 1 is 0.971 bits per heavy atom. The number of rotatable bonds is 7. The van der Waals surface area contributed by atoms with Crippen molar-refractivity contribution in [3.63, 3.8) is 0 Å². The minimum absolute atomic E-state index is 0.203. The molecule has 0 amide bonds. The van der Waals surface area contributed by atoms with Crippen molar-refractivity contribution in [3.05, 3.63) is 46.8 Å². The lowest BCUT2D eigenvalue weighted by molar-refractivity contribution is -0.137. The van der Waals surface area contributed by atoms with Crippen LogP contribution in [0.4, 0.5) is 18.9 Å². The zero-order valence-electron chi connectivity index (χ0n) is 19.5. The van der Waals surface area contributed by atoms with Crippen LogP contribution in [0.2, 0.25) is 0 Å². The summed E-state index contributed by atoms with van der Waals surface area (Å²) in [6.07, 6.45) is -4.36. The van der Waals surface area contributed by atoms with Gasteiger partial charge in [0.25, 0.3) is 4.84 Å². The zero-order chi connectivity index (χ0) is 25.2. The maximum absolute atomic E-state index is 13.0. The molecule has 0 spiro atoms. The molecule has 4 rings (SSSR count). The summed E-state index contributed by atoms with van der Waals surface area (Å²) in [5, 5.41) is 4.51. The number of piperazine rings is 1. The topological polar surface area (TPSA) is 65.1 Å². The number of hydrogen-bond donors (Lipinski definition) is 0. The smallest absolute Gasteiger partial charge is 0.416 e. The summed E-state index contributed by atoms with van der Waals surface area (Å²) in [6, 6.07) is 8.84.